The molecule has 3 rings (SSSR count). The normalized spacial score (nSPS) is 12.0. The van der Waals surface area contributed by atoms with Crippen molar-refractivity contribution >= 4 is 33.4 Å². The summed E-state index contributed by atoms with van der Waals surface area (Å²) in [6.45, 7) is 0. The fraction of sp³-hybridized carbons (Fsp3) is 0.200. The number of furan rings is 1. The van der Waals surface area contributed by atoms with E-state index in [0.717, 1.165) is 9.87 Å². The summed E-state index contributed by atoms with van der Waals surface area (Å²) in [7, 11) is -0.706. The average Bonchev–Trinajstić information content (AvgIpc) is 3.20. The third-order valence-electron chi connectivity index (χ3n) is 3.46. The van der Waals surface area contributed by atoms with Crippen LogP contribution in [0, 0.1) is 0 Å². The molecule has 11 heteroatoms. The predicted octanol–water partition coefficient (Wildman–Crippen LogP) is 2.45. The highest BCUT2D eigenvalue weighted by molar-refractivity contribution is 7.98. The fourth-order valence-corrected chi connectivity index (χ4v) is 3.84. The second-order valence-corrected chi connectivity index (χ2v) is 8.95. The summed E-state index contributed by atoms with van der Waals surface area (Å²) in [6.07, 6.45) is 0. The van der Waals surface area contributed by atoms with E-state index in [1.807, 2.05) is 6.07 Å². The minimum Gasteiger partial charge on any atom is -0.447 e. The maximum Gasteiger partial charge on any atom is 0.275 e. The van der Waals surface area contributed by atoms with Gasteiger partial charge in [-0.05, 0) is 24.3 Å². The fourth-order valence-electron chi connectivity index (χ4n) is 2.09. The van der Waals surface area contributed by atoms with Crippen LogP contribution in [0.3, 0.4) is 0 Å². The Balaban J connectivity index is 1.75. The van der Waals surface area contributed by atoms with Crippen LogP contribution in [0.5, 0.6) is 0 Å². The molecule has 8 nitrogen and oxygen atoms in total. The number of halogens is 1. The number of thioether (sulfide) groups is 1. The van der Waals surface area contributed by atoms with E-state index in [1.165, 1.54) is 36.6 Å². The van der Waals surface area contributed by atoms with Gasteiger partial charge in [0.2, 0.25) is 10.2 Å². The van der Waals surface area contributed by atoms with Crippen LogP contribution in [-0.2, 0) is 15.8 Å². The van der Waals surface area contributed by atoms with Crippen LogP contribution in [0.15, 0.2) is 51.1 Å². The molecule has 0 bridgehead atoms. The second kappa shape index (κ2) is 7.31. The van der Waals surface area contributed by atoms with Crippen LogP contribution in [0.2, 0.25) is 5.02 Å². The first-order chi connectivity index (χ1) is 12.3. The first-order valence-corrected chi connectivity index (χ1v) is 10.2. The topological polar surface area (TPSA) is 107 Å². The maximum atomic E-state index is 12.0. The van der Waals surface area contributed by atoms with Crippen LogP contribution < -0.4 is 5.84 Å². The number of hydrogen-bond acceptors (Lipinski definition) is 7. The SMILES string of the molecule is CN(C)S(=O)(=O)c1ccc(CSc2nnc(-c3cccc(Cl)c3)n2N)o1. The molecule has 138 valence electrons. The Hall–Kier alpha value is -2.01. The maximum absolute atomic E-state index is 12.0. The van der Waals surface area contributed by atoms with Gasteiger partial charge in [-0.2, -0.15) is 0 Å². The number of sulfonamides is 1. The van der Waals surface area contributed by atoms with E-state index < -0.39 is 10.0 Å². The molecule has 0 radical (unpaired) electrons. The lowest BCUT2D eigenvalue weighted by atomic mass is 10.2. The van der Waals surface area contributed by atoms with Gasteiger partial charge < -0.3 is 10.3 Å². The molecule has 2 aromatic heterocycles. The van der Waals surface area contributed by atoms with Crippen molar-refractivity contribution < 1.29 is 12.8 Å². The molecule has 0 fully saturated rings. The molecule has 1 aromatic carbocycles. The van der Waals surface area contributed by atoms with E-state index in [4.69, 9.17) is 21.9 Å². The molecule has 2 heterocycles. The Kier molecular flexibility index (Phi) is 5.28. The Labute approximate surface area is 160 Å². The lowest BCUT2D eigenvalue weighted by Gasteiger charge is -2.07. The molecule has 0 saturated heterocycles. The van der Waals surface area contributed by atoms with Gasteiger partial charge in [0.1, 0.15) is 5.76 Å². The molecule has 0 aliphatic heterocycles. The molecule has 0 amide bonds. The molecule has 0 aliphatic carbocycles. The number of rotatable bonds is 6. The Morgan fingerprint density at radius 2 is 2.04 bits per heavy atom. The molecule has 2 N–H and O–H groups in total. The van der Waals surface area contributed by atoms with Gasteiger partial charge in [-0.3, -0.25) is 0 Å². The van der Waals surface area contributed by atoms with E-state index in [1.54, 1.807) is 24.3 Å². The van der Waals surface area contributed by atoms with E-state index in [0.29, 0.717) is 27.5 Å². The smallest absolute Gasteiger partial charge is 0.275 e. The van der Waals surface area contributed by atoms with Gasteiger partial charge in [-0.25, -0.2) is 17.4 Å². The summed E-state index contributed by atoms with van der Waals surface area (Å²) >= 11 is 7.27. The first-order valence-electron chi connectivity index (χ1n) is 7.39. The Bertz CT molecular complexity index is 1030. The van der Waals surface area contributed by atoms with Crippen LogP contribution in [0.25, 0.3) is 11.4 Å². The summed E-state index contributed by atoms with van der Waals surface area (Å²) in [4.78, 5) is 0. The zero-order valence-corrected chi connectivity index (χ0v) is 16.3. The number of nitrogens with two attached hydrogens (primary N) is 1. The summed E-state index contributed by atoms with van der Waals surface area (Å²) < 4.78 is 31.9. The van der Waals surface area contributed by atoms with E-state index in [-0.39, 0.29) is 5.09 Å². The highest BCUT2D eigenvalue weighted by Gasteiger charge is 2.22. The van der Waals surface area contributed by atoms with Crippen molar-refractivity contribution in [2.24, 2.45) is 0 Å². The van der Waals surface area contributed by atoms with Crippen LogP contribution in [0.4, 0.5) is 0 Å². The summed E-state index contributed by atoms with van der Waals surface area (Å²) in [5, 5.41) is 9.08. The standard InChI is InChI=1S/C15H16ClN5O3S2/c1-20(2)26(22,23)13-7-6-12(24-13)9-25-15-19-18-14(21(15)17)10-4-3-5-11(16)8-10/h3-8H,9,17H2,1-2H3. The van der Waals surface area contributed by atoms with Crippen LogP contribution in [-0.4, -0.2) is 41.7 Å². The zero-order valence-electron chi connectivity index (χ0n) is 14.0. The van der Waals surface area contributed by atoms with Gasteiger partial charge in [-0.15, -0.1) is 10.2 Å². The minimum absolute atomic E-state index is 0.105. The van der Waals surface area contributed by atoms with Gasteiger partial charge in [0.05, 0.1) is 5.75 Å². The number of hydrogen-bond donors (Lipinski definition) is 1. The van der Waals surface area contributed by atoms with Crippen molar-refractivity contribution in [3.05, 3.63) is 47.2 Å². The van der Waals surface area contributed by atoms with Crippen LogP contribution in [0.1, 0.15) is 5.76 Å². The summed E-state index contributed by atoms with van der Waals surface area (Å²) in [5.41, 5.74) is 0.747. The quantitative estimate of drug-likeness (QED) is 0.488. The summed E-state index contributed by atoms with van der Waals surface area (Å²) in [5.74, 6) is 7.38. The van der Waals surface area contributed by atoms with Gasteiger partial charge in [-0.1, -0.05) is 35.5 Å². The van der Waals surface area contributed by atoms with Gasteiger partial charge in [0.25, 0.3) is 10.0 Å². The van der Waals surface area contributed by atoms with Crippen molar-refractivity contribution in [2.45, 2.75) is 16.0 Å². The van der Waals surface area contributed by atoms with Gasteiger partial charge >= 0.3 is 0 Å². The number of benzene rings is 1. The van der Waals surface area contributed by atoms with E-state index >= 15 is 0 Å². The Morgan fingerprint density at radius 1 is 1.27 bits per heavy atom. The molecule has 0 saturated carbocycles. The first kappa shape index (κ1) is 18.8. The molecule has 0 atom stereocenters. The molecule has 0 spiro atoms. The van der Waals surface area contributed by atoms with Crippen LogP contribution >= 0.6 is 23.4 Å². The highest BCUT2D eigenvalue weighted by Crippen LogP contribution is 2.27. The number of nitrogen functional groups attached to an aromatic ring is 1. The molecule has 0 unspecified atom stereocenters. The zero-order chi connectivity index (χ0) is 18.9. The van der Waals surface area contributed by atoms with Crippen molar-refractivity contribution in [3.63, 3.8) is 0 Å². The highest BCUT2D eigenvalue weighted by atomic mass is 35.5. The molecular formula is C15H16ClN5O3S2. The third-order valence-corrected chi connectivity index (χ3v) is 6.35. The van der Waals surface area contributed by atoms with Crippen molar-refractivity contribution in [1.29, 1.82) is 0 Å². The van der Waals surface area contributed by atoms with Gasteiger partial charge in [0.15, 0.2) is 5.82 Å². The van der Waals surface area contributed by atoms with E-state index in [2.05, 4.69) is 10.2 Å². The molecular weight excluding hydrogens is 398 g/mol. The molecule has 0 aliphatic rings. The second-order valence-electron chi connectivity index (χ2n) is 5.48. The van der Waals surface area contributed by atoms with E-state index in [9.17, 15) is 8.42 Å². The Morgan fingerprint density at radius 3 is 2.73 bits per heavy atom. The lowest BCUT2D eigenvalue weighted by molar-refractivity contribution is 0.408. The van der Waals surface area contributed by atoms with Crippen molar-refractivity contribution in [3.8, 4) is 11.4 Å². The minimum atomic E-state index is -3.60. The number of nitrogens with zero attached hydrogens (tertiary/aromatic N) is 4. The van der Waals surface area contributed by atoms with Crippen molar-refractivity contribution in [1.82, 2.24) is 19.2 Å². The van der Waals surface area contributed by atoms with Gasteiger partial charge in [0, 0.05) is 24.7 Å². The molecule has 3 aromatic rings. The van der Waals surface area contributed by atoms with Crippen molar-refractivity contribution in [2.75, 3.05) is 19.9 Å². The monoisotopic (exact) mass is 413 g/mol. The third kappa shape index (κ3) is 3.73. The largest absolute Gasteiger partial charge is 0.447 e. The number of aromatic nitrogens is 3. The average molecular weight is 414 g/mol. The summed E-state index contributed by atoms with van der Waals surface area (Å²) in [6, 6.07) is 10.2. The predicted molar refractivity (Wildman–Crippen MR) is 99.8 cm³/mol. The lowest BCUT2D eigenvalue weighted by Crippen LogP contribution is -2.21. The molecule has 26 heavy (non-hydrogen) atoms.